The number of amides is 1. The maximum Gasteiger partial charge on any atom is 0.262 e. The summed E-state index contributed by atoms with van der Waals surface area (Å²) in [4.78, 5) is 23.6. The molecule has 23 heavy (non-hydrogen) atoms. The molecule has 0 saturated heterocycles. The van der Waals surface area contributed by atoms with Gasteiger partial charge in [-0.2, -0.15) is 0 Å². The van der Waals surface area contributed by atoms with Crippen LogP contribution in [0.4, 0.5) is 5.69 Å². The van der Waals surface area contributed by atoms with E-state index >= 15 is 0 Å². The molecule has 0 atom stereocenters. The number of carbonyl (C=O) groups is 1. The second-order valence-corrected chi connectivity index (χ2v) is 4.57. The molecule has 0 fully saturated rings. The van der Waals surface area contributed by atoms with Gasteiger partial charge in [0.15, 0.2) is 6.61 Å². The van der Waals surface area contributed by atoms with Crippen LogP contribution in [0, 0.1) is 6.92 Å². The summed E-state index contributed by atoms with van der Waals surface area (Å²) >= 11 is 0. The van der Waals surface area contributed by atoms with E-state index in [1.165, 1.54) is 26.5 Å². The summed E-state index contributed by atoms with van der Waals surface area (Å²) in [6.07, 6.45) is 1.27. The standard InChI is InChI=1S/C16H17NO6/c1-10-16(13(18)6-7-22-10)23-9-15(19)17-12-5-4-11(20-2)8-14(12)21-3/h4-8H,9H2,1-3H3,(H,17,19). The van der Waals surface area contributed by atoms with Crippen LogP contribution < -0.4 is 25.0 Å². The molecule has 0 radical (unpaired) electrons. The number of rotatable bonds is 6. The fourth-order valence-electron chi connectivity index (χ4n) is 1.90. The van der Waals surface area contributed by atoms with Crippen molar-refractivity contribution in [3.63, 3.8) is 0 Å². The molecule has 0 aliphatic carbocycles. The van der Waals surface area contributed by atoms with Gasteiger partial charge in [-0.15, -0.1) is 0 Å². The summed E-state index contributed by atoms with van der Waals surface area (Å²) < 4.78 is 20.6. The van der Waals surface area contributed by atoms with E-state index in [2.05, 4.69) is 5.32 Å². The first-order chi connectivity index (χ1) is 11.0. The minimum absolute atomic E-state index is 0.0179. The Morgan fingerprint density at radius 1 is 1.22 bits per heavy atom. The van der Waals surface area contributed by atoms with Crippen molar-refractivity contribution in [2.24, 2.45) is 0 Å². The third-order valence-electron chi connectivity index (χ3n) is 3.04. The van der Waals surface area contributed by atoms with Crippen molar-refractivity contribution in [2.75, 3.05) is 26.1 Å². The smallest absolute Gasteiger partial charge is 0.262 e. The van der Waals surface area contributed by atoms with Crippen LogP contribution in [0.25, 0.3) is 0 Å². The highest BCUT2D eigenvalue weighted by atomic mass is 16.5. The summed E-state index contributed by atoms with van der Waals surface area (Å²) in [5.74, 6) is 0.953. The lowest BCUT2D eigenvalue weighted by Gasteiger charge is -2.12. The van der Waals surface area contributed by atoms with E-state index in [1.807, 2.05) is 0 Å². The molecule has 1 N–H and O–H groups in total. The fraction of sp³-hybridized carbons (Fsp3) is 0.250. The van der Waals surface area contributed by atoms with Gasteiger partial charge in [0.2, 0.25) is 11.2 Å². The molecular weight excluding hydrogens is 302 g/mol. The van der Waals surface area contributed by atoms with Crippen molar-refractivity contribution in [1.82, 2.24) is 0 Å². The lowest BCUT2D eigenvalue weighted by atomic mass is 10.2. The van der Waals surface area contributed by atoms with Crippen LogP contribution in [0.5, 0.6) is 17.2 Å². The number of anilines is 1. The number of aryl methyl sites for hydroxylation is 1. The maximum atomic E-state index is 12.0. The zero-order valence-corrected chi connectivity index (χ0v) is 13.0. The average molecular weight is 319 g/mol. The zero-order chi connectivity index (χ0) is 16.8. The van der Waals surface area contributed by atoms with Crippen molar-refractivity contribution in [2.45, 2.75) is 6.92 Å². The van der Waals surface area contributed by atoms with E-state index in [-0.39, 0.29) is 17.8 Å². The molecule has 0 spiro atoms. The molecule has 122 valence electrons. The largest absolute Gasteiger partial charge is 0.497 e. The normalized spacial score (nSPS) is 10.0. The Hall–Kier alpha value is -2.96. The molecule has 1 aromatic heterocycles. The molecule has 7 nitrogen and oxygen atoms in total. The van der Waals surface area contributed by atoms with Gasteiger partial charge in [-0.1, -0.05) is 0 Å². The monoisotopic (exact) mass is 319 g/mol. The predicted molar refractivity (Wildman–Crippen MR) is 83.4 cm³/mol. The highest BCUT2D eigenvalue weighted by Crippen LogP contribution is 2.28. The topological polar surface area (TPSA) is 87.0 Å². The van der Waals surface area contributed by atoms with Crippen LogP contribution in [0.2, 0.25) is 0 Å². The summed E-state index contributed by atoms with van der Waals surface area (Å²) in [7, 11) is 3.02. The quantitative estimate of drug-likeness (QED) is 0.876. The second kappa shape index (κ2) is 7.35. The van der Waals surface area contributed by atoms with Crippen LogP contribution >= 0.6 is 0 Å². The van der Waals surface area contributed by atoms with E-state index in [0.717, 1.165) is 0 Å². The highest BCUT2D eigenvalue weighted by Gasteiger charge is 2.12. The Morgan fingerprint density at radius 3 is 2.65 bits per heavy atom. The highest BCUT2D eigenvalue weighted by molar-refractivity contribution is 5.93. The van der Waals surface area contributed by atoms with Gasteiger partial charge in [0.05, 0.1) is 26.2 Å². The molecule has 0 saturated carbocycles. The van der Waals surface area contributed by atoms with Gasteiger partial charge in [-0.3, -0.25) is 9.59 Å². The lowest BCUT2D eigenvalue weighted by molar-refractivity contribution is -0.118. The molecule has 2 rings (SSSR count). The fourth-order valence-corrected chi connectivity index (χ4v) is 1.90. The van der Waals surface area contributed by atoms with Gasteiger partial charge in [-0.25, -0.2) is 0 Å². The molecule has 0 bridgehead atoms. The minimum atomic E-state index is -0.434. The molecule has 1 heterocycles. The Bertz CT molecular complexity index is 752. The third-order valence-corrected chi connectivity index (χ3v) is 3.04. The van der Waals surface area contributed by atoms with Crippen LogP contribution in [0.1, 0.15) is 5.76 Å². The molecule has 0 aliphatic rings. The number of benzene rings is 1. The van der Waals surface area contributed by atoms with Crippen molar-refractivity contribution in [3.05, 3.63) is 46.5 Å². The van der Waals surface area contributed by atoms with Gasteiger partial charge in [0.25, 0.3) is 5.91 Å². The number of hydrogen-bond donors (Lipinski definition) is 1. The van der Waals surface area contributed by atoms with Crippen LogP contribution in [-0.4, -0.2) is 26.7 Å². The summed E-state index contributed by atoms with van der Waals surface area (Å²) in [5.41, 5.74) is 0.127. The van der Waals surface area contributed by atoms with E-state index in [0.29, 0.717) is 22.9 Å². The molecule has 0 unspecified atom stereocenters. The van der Waals surface area contributed by atoms with Crippen molar-refractivity contribution < 1.29 is 23.4 Å². The number of ether oxygens (including phenoxy) is 3. The van der Waals surface area contributed by atoms with Gasteiger partial charge in [-0.05, 0) is 19.1 Å². The van der Waals surface area contributed by atoms with E-state index in [1.54, 1.807) is 25.1 Å². The van der Waals surface area contributed by atoms with E-state index < -0.39 is 5.91 Å². The average Bonchev–Trinajstić information content (AvgIpc) is 2.54. The Morgan fingerprint density at radius 2 is 2.00 bits per heavy atom. The van der Waals surface area contributed by atoms with Crippen LogP contribution in [-0.2, 0) is 4.79 Å². The van der Waals surface area contributed by atoms with Gasteiger partial charge < -0.3 is 23.9 Å². The summed E-state index contributed by atoms with van der Waals surface area (Å²) in [6.45, 7) is 1.26. The Balaban J connectivity index is 2.04. The molecule has 1 amide bonds. The number of hydrogen-bond acceptors (Lipinski definition) is 6. The number of nitrogens with one attached hydrogen (secondary N) is 1. The van der Waals surface area contributed by atoms with Gasteiger partial charge in [0, 0.05) is 12.1 Å². The maximum absolute atomic E-state index is 12.0. The van der Waals surface area contributed by atoms with E-state index in [9.17, 15) is 9.59 Å². The van der Waals surface area contributed by atoms with E-state index in [4.69, 9.17) is 18.6 Å². The summed E-state index contributed by atoms with van der Waals surface area (Å²) in [5, 5.41) is 2.64. The Kier molecular flexibility index (Phi) is 5.24. The first kappa shape index (κ1) is 16.4. The second-order valence-electron chi connectivity index (χ2n) is 4.57. The molecule has 0 aliphatic heterocycles. The van der Waals surface area contributed by atoms with Crippen molar-refractivity contribution in [1.29, 1.82) is 0 Å². The number of carbonyl (C=O) groups excluding carboxylic acids is 1. The number of methoxy groups -OCH3 is 2. The minimum Gasteiger partial charge on any atom is -0.497 e. The summed E-state index contributed by atoms with van der Waals surface area (Å²) in [6, 6.07) is 6.21. The molecule has 7 heteroatoms. The first-order valence-corrected chi connectivity index (χ1v) is 6.78. The predicted octanol–water partition coefficient (Wildman–Crippen LogP) is 1.98. The van der Waals surface area contributed by atoms with Crippen LogP contribution in [0.3, 0.4) is 0 Å². The molecule has 1 aromatic carbocycles. The van der Waals surface area contributed by atoms with Crippen molar-refractivity contribution in [3.8, 4) is 17.2 Å². The molecular formula is C16H17NO6. The third kappa shape index (κ3) is 4.03. The zero-order valence-electron chi connectivity index (χ0n) is 13.0. The van der Waals surface area contributed by atoms with Gasteiger partial charge in [0.1, 0.15) is 17.3 Å². The van der Waals surface area contributed by atoms with Crippen LogP contribution in [0.15, 0.2) is 39.7 Å². The van der Waals surface area contributed by atoms with Gasteiger partial charge >= 0.3 is 0 Å². The first-order valence-electron chi connectivity index (χ1n) is 6.78. The lowest BCUT2D eigenvalue weighted by Crippen LogP contribution is -2.22. The molecule has 2 aromatic rings. The van der Waals surface area contributed by atoms with Crippen molar-refractivity contribution >= 4 is 11.6 Å². The Labute approximate surface area is 132 Å². The SMILES string of the molecule is COc1ccc(NC(=O)COc2c(C)occc2=O)c(OC)c1.